The van der Waals surface area contributed by atoms with E-state index in [2.05, 4.69) is 20.4 Å². The second-order valence-corrected chi connectivity index (χ2v) is 11.8. The minimum atomic E-state index is -1.18. The third-order valence-electron chi connectivity index (χ3n) is 5.34. The standard InChI is InChI=1S/C21H18N6O5S4/c1-32-26-13(11-8-34-20(22)23-11)16(28)25-14-17(29)27-15(19(30)31)9(6-33-18(14)27)7-35-21-24-10-4-2-3-5-12(10)36-21/h2-5,8,14,18H,6-7H2,1H3,(H2,22,23)(H,25,28)(H,30,31)/b26-13-/t14-,18-/m1/s1. The van der Waals surface area contributed by atoms with E-state index in [1.165, 1.54) is 46.9 Å². The van der Waals surface area contributed by atoms with Crippen molar-refractivity contribution in [1.82, 2.24) is 20.2 Å². The van der Waals surface area contributed by atoms with Crippen LogP contribution in [-0.4, -0.2) is 73.5 Å². The van der Waals surface area contributed by atoms with Gasteiger partial charge >= 0.3 is 5.97 Å². The van der Waals surface area contributed by atoms with E-state index < -0.39 is 29.2 Å². The summed E-state index contributed by atoms with van der Waals surface area (Å²) in [7, 11) is 1.29. The predicted molar refractivity (Wildman–Crippen MR) is 140 cm³/mol. The molecule has 0 aliphatic carbocycles. The molecule has 2 aliphatic rings. The fourth-order valence-electron chi connectivity index (χ4n) is 3.76. The number of carbonyl (C=O) groups is 3. The van der Waals surface area contributed by atoms with E-state index in [9.17, 15) is 19.5 Å². The normalized spacial score (nSPS) is 19.8. The van der Waals surface area contributed by atoms with Gasteiger partial charge in [0.1, 0.15) is 29.9 Å². The molecule has 2 amide bonds. The largest absolute Gasteiger partial charge is 0.477 e. The highest BCUT2D eigenvalue weighted by atomic mass is 32.2. The number of carbonyl (C=O) groups excluding carboxylic acids is 2. The van der Waals surface area contributed by atoms with E-state index >= 15 is 0 Å². The Hall–Kier alpha value is -3.14. The molecule has 2 aromatic heterocycles. The van der Waals surface area contributed by atoms with Gasteiger partial charge < -0.3 is 21.0 Å². The lowest BCUT2D eigenvalue weighted by molar-refractivity contribution is -0.150. The Bertz CT molecular complexity index is 1400. The van der Waals surface area contributed by atoms with Crippen LogP contribution in [0.25, 0.3) is 10.2 Å². The number of nitrogen functional groups attached to an aromatic ring is 1. The summed E-state index contributed by atoms with van der Waals surface area (Å²) in [4.78, 5) is 52.6. The van der Waals surface area contributed by atoms with Crippen LogP contribution in [0.4, 0.5) is 5.13 Å². The number of thiazole rings is 2. The van der Waals surface area contributed by atoms with Crippen molar-refractivity contribution in [2.45, 2.75) is 15.8 Å². The Morgan fingerprint density at radius 1 is 1.36 bits per heavy atom. The molecule has 3 aromatic rings. The molecule has 11 nitrogen and oxygen atoms in total. The number of benzene rings is 1. The average molecular weight is 563 g/mol. The zero-order valence-electron chi connectivity index (χ0n) is 18.5. The fourth-order valence-corrected chi connectivity index (χ4v) is 7.86. The number of hydrogen-bond donors (Lipinski definition) is 3. The number of nitrogens with one attached hydrogen (secondary N) is 1. The fraction of sp³-hybridized carbons (Fsp3) is 0.238. The molecule has 15 heteroatoms. The Labute approximate surface area is 220 Å². The second-order valence-electron chi connectivity index (χ2n) is 7.55. The molecule has 4 N–H and O–H groups in total. The number of carboxylic acid groups (broad SMARTS) is 1. The smallest absolute Gasteiger partial charge is 0.352 e. The van der Waals surface area contributed by atoms with E-state index in [0.717, 1.165) is 25.9 Å². The van der Waals surface area contributed by atoms with Crippen molar-refractivity contribution in [2.24, 2.45) is 5.16 Å². The van der Waals surface area contributed by atoms with Gasteiger partial charge in [-0.25, -0.2) is 14.8 Å². The number of hydrogen-bond acceptors (Lipinski definition) is 12. The molecule has 2 atom stereocenters. The zero-order chi connectivity index (χ0) is 25.4. The number of carboxylic acids is 1. The Morgan fingerprint density at radius 2 is 2.17 bits per heavy atom. The van der Waals surface area contributed by atoms with Crippen molar-refractivity contribution < 1.29 is 24.3 Å². The van der Waals surface area contributed by atoms with Crippen molar-refractivity contribution in [1.29, 1.82) is 0 Å². The van der Waals surface area contributed by atoms with Crippen LogP contribution in [0.1, 0.15) is 5.69 Å². The first-order valence-corrected chi connectivity index (χ1v) is 14.1. The first-order chi connectivity index (χ1) is 17.4. The van der Waals surface area contributed by atoms with Crippen molar-refractivity contribution in [3.05, 3.63) is 46.6 Å². The molecular formula is C21H18N6O5S4. The summed E-state index contributed by atoms with van der Waals surface area (Å²) in [6, 6.07) is 6.87. The van der Waals surface area contributed by atoms with Gasteiger partial charge in [0.05, 0.1) is 10.2 Å². The van der Waals surface area contributed by atoms with Crippen LogP contribution in [-0.2, 0) is 19.2 Å². The quantitative estimate of drug-likeness (QED) is 0.161. The van der Waals surface area contributed by atoms with Gasteiger partial charge in [-0.2, -0.15) is 0 Å². The summed E-state index contributed by atoms with van der Waals surface area (Å²) in [5.41, 5.74) is 7.22. The molecule has 0 radical (unpaired) electrons. The summed E-state index contributed by atoms with van der Waals surface area (Å²) in [6.07, 6.45) is 0. The van der Waals surface area contributed by atoms with Crippen molar-refractivity contribution in [3.8, 4) is 0 Å². The van der Waals surface area contributed by atoms with Crippen LogP contribution in [0.3, 0.4) is 0 Å². The van der Waals surface area contributed by atoms with Crippen molar-refractivity contribution >= 4 is 85.0 Å². The van der Waals surface area contributed by atoms with Gasteiger partial charge in [-0.3, -0.25) is 14.5 Å². The van der Waals surface area contributed by atoms with E-state index in [-0.39, 0.29) is 22.2 Å². The molecule has 0 bridgehead atoms. The molecule has 5 rings (SSSR count). The summed E-state index contributed by atoms with van der Waals surface area (Å²) < 4.78 is 1.88. The highest BCUT2D eigenvalue weighted by Gasteiger charge is 2.54. The van der Waals surface area contributed by atoms with Crippen molar-refractivity contribution in [2.75, 3.05) is 24.3 Å². The molecule has 2 aliphatic heterocycles. The van der Waals surface area contributed by atoms with Crippen LogP contribution >= 0.6 is 46.2 Å². The molecule has 36 heavy (non-hydrogen) atoms. The maximum atomic E-state index is 13.0. The number of fused-ring (bicyclic) bond motifs is 2. The third kappa shape index (κ3) is 4.54. The molecule has 1 fully saturated rings. The average Bonchev–Trinajstić information content (AvgIpc) is 3.49. The molecule has 1 aromatic carbocycles. The van der Waals surface area contributed by atoms with Crippen LogP contribution in [0.5, 0.6) is 0 Å². The summed E-state index contributed by atoms with van der Waals surface area (Å²) in [6.45, 7) is 0. The number of rotatable bonds is 8. The highest BCUT2D eigenvalue weighted by molar-refractivity contribution is 8.02. The maximum Gasteiger partial charge on any atom is 0.352 e. The predicted octanol–water partition coefficient (Wildman–Crippen LogP) is 2.22. The van der Waals surface area contributed by atoms with Crippen molar-refractivity contribution in [3.63, 3.8) is 0 Å². The van der Waals surface area contributed by atoms with E-state index in [1.54, 1.807) is 5.38 Å². The lowest BCUT2D eigenvalue weighted by Crippen LogP contribution is -2.71. The lowest BCUT2D eigenvalue weighted by Gasteiger charge is -2.49. The number of thioether (sulfide) groups is 2. The number of nitrogens with two attached hydrogens (primary N) is 1. The highest BCUT2D eigenvalue weighted by Crippen LogP contribution is 2.42. The summed E-state index contributed by atoms with van der Waals surface area (Å²) >= 11 is 5.51. The van der Waals surface area contributed by atoms with Gasteiger partial charge in [-0.15, -0.1) is 34.4 Å². The zero-order valence-corrected chi connectivity index (χ0v) is 21.8. The van der Waals surface area contributed by atoms with Crippen LogP contribution in [0.15, 0.2) is 50.4 Å². The molecule has 1 saturated heterocycles. The number of β-lactam (4-membered cyclic amide) rings is 1. The number of amides is 2. The van der Waals surface area contributed by atoms with E-state index in [0.29, 0.717) is 17.1 Å². The van der Waals surface area contributed by atoms with E-state index in [4.69, 9.17) is 10.6 Å². The first-order valence-electron chi connectivity index (χ1n) is 10.4. The summed E-state index contributed by atoms with van der Waals surface area (Å²) in [5.74, 6) is -1.56. The minimum absolute atomic E-state index is 0.0408. The van der Waals surface area contributed by atoms with E-state index in [1.807, 2.05) is 24.3 Å². The number of nitrogens with zero attached hydrogens (tertiary/aromatic N) is 4. The number of aliphatic carboxylic acids is 1. The molecule has 0 saturated carbocycles. The van der Waals surface area contributed by atoms with Gasteiger partial charge in [0.15, 0.2) is 15.2 Å². The monoisotopic (exact) mass is 562 g/mol. The third-order valence-corrected chi connectivity index (χ3v) is 9.62. The number of para-hydroxylation sites is 1. The lowest BCUT2D eigenvalue weighted by atomic mass is 10.0. The van der Waals surface area contributed by atoms with Crippen LogP contribution in [0.2, 0.25) is 0 Å². The Kier molecular flexibility index (Phi) is 6.87. The van der Waals surface area contributed by atoms with Gasteiger partial charge in [-0.1, -0.05) is 29.1 Å². The molecule has 0 spiro atoms. The van der Waals surface area contributed by atoms with Crippen LogP contribution < -0.4 is 11.1 Å². The Morgan fingerprint density at radius 3 is 2.86 bits per heavy atom. The first kappa shape index (κ1) is 24.5. The Balaban J connectivity index is 1.31. The van der Waals surface area contributed by atoms with Crippen LogP contribution in [0, 0.1) is 0 Å². The molecule has 4 heterocycles. The maximum absolute atomic E-state index is 13.0. The molecular weight excluding hydrogens is 545 g/mol. The second kappa shape index (κ2) is 10.1. The number of oxime groups is 1. The number of anilines is 1. The molecule has 186 valence electrons. The van der Waals surface area contributed by atoms with Gasteiger partial charge in [-0.05, 0) is 17.7 Å². The SMILES string of the molecule is CO/N=C(\C(=O)N[C@@H]1C(=O)N2C(C(=O)O)=C(CSc3nc4ccccc4s3)CS[C@H]12)c1csc(N)n1. The number of aromatic nitrogens is 2. The summed E-state index contributed by atoms with van der Waals surface area (Å²) in [5, 5.41) is 17.5. The van der Waals surface area contributed by atoms with Gasteiger partial charge in [0.2, 0.25) is 0 Å². The minimum Gasteiger partial charge on any atom is -0.477 e. The molecule has 0 unspecified atom stereocenters. The van der Waals surface area contributed by atoms with Gasteiger partial charge in [0.25, 0.3) is 11.8 Å². The van der Waals surface area contributed by atoms with Gasteiger partial charge in [0, 0.05) is 16.9 Å². The topological polar surface area (TPSA) is 160 Å².